The summed E-state index contributed by atoms with van der Waals surface area (Å²) < 4.78 is 5.84. The van der Waals surface area contributed by atoms with Crippen molar-refractivity contribution >= 4 is 5.69 Å². The molecule has 0 radical (unpaired) electrons. The molecule has 0 amide bonds. The summed E-state index contributed by atoms with van der Waals surface area (Å²) in [6.07, 6.45) is 3.21. The highest BCUT2D eigenvalue weighted by Crippen LogP contribution is 2.31. The molecule has 1 fully saturated rings. The van der Waals surface area contributed by atoms with Gasteiger partial charge in [0.2, 0.25) is 0 Å². The summed E-state index contributed by atoms with van der Waals surface area (Å²) in [5.41, 5.74) is -0.480. The second-order valence-corrected chi connectivity index (χ2v) is 5.03. The molecule has 20 heavy (non-hydrogen) atoms. The Bertz CT molecular complexity index is 523. The molecule has 2 unspecified atom stereocenters. The van der Waals surface area contributed by atoms with Gasteiger partial charge in [-0.05, 0) is 38.4 Å². The molecule has 0 heterocycles. The van der Waals surface area contributed by atoms with Crippen LogP contribution in [0.3, 0.4) is 0 Å². The molecule has 1 saturated carbocycles. The molecule has 1 aromatic rings. The van der Waals surface area contributed by atoms with Crippen molar-refractivity contribution in [2.75, 3.05) is 7.05 Å². The summed E-state index contributed by atoms with van der Waals surface area (Å²) in [5.74, 6) is 0.602. The molecule has 6 heteroatoms. The van der Waals surface area contributed by atoms with Crippen molar-refractivity contribution in [1.29, 1.82) is 5.26 Å². The maximum absolute atomic E-state index is 10.6. The zero-order chi connectivity index (χ0) is 14.6. The Morgan fingerprint density at radius 3 is 2.75 bits per heavy atom. The molecular formula is C14H17N3O3. The Balaban J connectivity index is 2.03. The average Bonchev–Trinajstić information content (AvgIpc) is 2.48. The predicted molar refractivity (Wildman–Crippen MR) is 73.4 cm³/mol. The molecule has 0 aliphatic heterocycles. The molecule has 6 nitrogen and oxygen atoms in total. The minimum atomic E-state index is -0.524. The molecule has 2 atom stereocenters. The van der Waals surface area contributed by atoms with Crippen LogP contribution in [-0.4, -0.2) is 23.6 Å². The maximum atomic E-state index is 10.6. The maximum Gasteiger partial charge on any atom is 0.269 e. The Morgan fingerprint density at radius 2 is 2.20 bits per heavy atom. The number of rotatable bonds is 4. The summed E-state index contributed by atoms with van der Waals surface area (Å²) in [7, 11) is 1.79. The molecule has 1 aromatic carbocycles. The number of benzene rings is 1. The Morgan fingerprint density at radius 1 is 1.50 bits per heavy atom. The molecule has 0 aromatic heterocycles. The van der Waals surface area contributed by atoms with E-state index in [0.717, 1.165) is 19.3 Å². The lowest BCUT2D eigenvalue weighted by molar-refractivity contribution is -0.384. The second-order valence-electron chi connectivity index (χ2n) is 5.03. The van der Waals surface area contributed by atoms with Crippen LogP contribution in [0.2, 0.25) is 0 Å². The van der Waals surface area contributed by atoms with Gasteiger partial charge in [0.25, 0.3) is 5.69 Å². The highest BCUT2D eigenvalue weighted by molar-refractivity contribution is 5.36. The fourth-order valence-corrected chi connectivity index (χ4v) is 2.55. The van der Waals surface area contributed by atoms with Gasteiger partial charge in [0.15, 0.2) is 0 Å². The number of non-ortho nitro benzene ring substituents is 1. The summed E-state index contributed by atoms with van der Waals surface area (Å²) in [4.78, 5) is 10.1. The third-order valence-electron chi connectivity index (χ3n) is 3.75. The SMILES string of the molecule is CNC1(C#N)CCCC(Oc2ccc([N+](=O)[O-])cc2)C1. The van der Waals surface area contributed by atoms with Gasteiger partial charge in [-0.15, -0.1) is 0 Å². The van der Waals surface area contributed by atoms with E-state index in [1.807, 2.05) is 0 Å². The molecule has 0 bridgehead atoms. The summed E-state index contributed by atoms with van der Waals surface area (Å²) >= 11 is 0. The van der Waals surface area contributed by atoms with Gasteiger partial charge >= 0.3 is 0 Å². The van der Waals surface area contributed by atoms with Crippen molar-refractivity contribution in [3.05, 3.63) is 34.4 Å². The van der Waals surface area contributed by atoms with E-state index in [9.17, 15) is 15.4 Å². The molecule has 0 saturated heterocycles. The van der Waals surface area contributed by atoms with Crippen LogP contribution in [0.25, 0.3) is 0 Å². The van der Waals surface area contributed by atoms with E-state index in [0.29, 0.717) is 12.2 Å². The smallest absolute Gasteiger partial charge is 0.269 e. The number of nitrogens with zero attached hydrogens (tertiary/aromatic N) is 2. The first-order valence-electron chi connectivity index (χ1n) is 6.60. The predicted octanol–water partition coefficient (Wildman–Crippen LogP) is 2.40. The lowest BCUT2D eigenvalue weighted by Crippen LogP contribution is -2.48. The molecule has 2 rings (SSSR count). The zero-order valence-electron chi connectivity index (χ0n) is 11.3. The van der Waals surface area contributed by atoms with Crippen molar-refractivity contribution in [2.24, 2.45) is 0 Å². The monoisotopic (exact) mass is 275 g/mol. The third kappa shape index (κ3) is 3.06. The number of nitro benzene ring substituents is 1. The minimum absolute atomic E-state index is 0.0441. The largest absolute Gasteiger partial charge is 0.490 e. The summed E-state index contributed by atoms with van der Waals surface area (Å²) in [6, 6.07) is 8.37. The van der Waals surface area contributed by atoms with Crippen LogP contribution in [0.1, 0.15) is 25.7 Å². The fourth-order valence-electron chi connectivity index (χ4n) is 2.55. The zero-order valence-corrected chi connectivity index (χ0v) is 11.3. The normalized spacial score (nSPS) is 25.7. The van der Waals surface area contributed by atoms with Crippen LogP contribution in [0, 0.1) is 21.4 Å². The van der Waals surface area contributed by atoms with Crippen LogP contribution in [0.4, 0.5) is 5.69 Å². The highest BCUT2D eigenvalue weighted by Gasteiger charge is 2.36. The Hall–Kier alpha value is -2.13. The first-order chi connectivity index (χ1) is 9.58. The van der Waals surface area contributed by atoms with E-state index in [1.165, 1.54) is 12.1 Å². The van der Waals surface area contributed by atoms with Gasteiger partial charge in [-0.1, -0.05) is 0 Å². The van der Waals surface area contributed by atoms with E-state index in [-0.39, 0.29) is 11.8 Å². The van der Waals surface area contributed by atoms with Crippen molar-refractivity contribution < 1.29 is 9.66 Å². The lowest BCUT2D eigenvalue weighted by Gasteiger charge is -2.35. The van der Waals surface area contributed by atoms with Crippen LogP contribution in [0.5, 0.6) is 5.75 Å². The summed E-state index contributed by atoms with van der Waals surface area (Å²) in [6.45, 7) is 0. The molecule has 1 aliphatic carbocycles. The van der Waals surface area contributed by atoms with E-state index in [1.54, 1.807) is 19.2 Å². The standard InChI is InChI=1S/C14H17N3O3/c1-16-14(10-15)8-2-3-13(9-14)20-12-6-4-11(5-7-12)17(18)19/h4-7,13,16H,2-3,8-9H2,1H3. The van der Waals surface area contributed by atoms with E-state index in [4.69, 9.17) is 4.74 Å². The number of nitriles is 1. The number of hydrogen-bond donors (Lipinski definition) is 1. The number of ether oxygens (including phenoxy) is 1. The molecule has 106 valence electrons. The van der Waals surface area contributed by atoms with Gasteiger partial charge in [0, 0.05) is 18.6 Å². The van der Waals surface area contributed by atoms with Crippen LogP contribution < -0.4 is 10.1 Å². The van der Waals surface area contributed by atoms with Gasteiger partial charge in [-0.2, -0.15) is 5.26 Å². The average molecular weight is 275 g/mol. The fraction of sp³-hybridized carbons (Fsp3) is 0.500. The number of hydrogen-bond acceptors (Lipinski definition) is 5. The number of nitrogens with one attached hydrogen (secondary N) is 1. The molecule has 1 N–H and O–H groups in total. The van der Waals surface area contributed by atoms with E-state index >= 15 is 0 Å². The van der Waals surface area contributed by atoms with Gasteiger partial charge in [-0.25, -0.2) is 0 Å². The Kier molecular flexibility index (Phi) is 4.20. The quantitative estimate of drug-likeness (QED) is 0.673. The topological polar surface area (TPSA) is 88.2 Å². The van der Waals surface area contributed by atoms with Crippen molar-refractivity contribution in [1.82, 2.24) is 5.32 Å². The van der Waals surface area contributed by atoms with Crippen molar-refractivity contribution in [3.63, 3.8) is 0 Å². The van der Waals surface area contributed by atoms with E-state index < -0.39 is 10.5 Å². The molecular weight excluding hydrogens is 258 g/mol. The van der Waals surface area contributed by atoms with E-state index in [2.05, 4.69) is 11.4 Å². The third-order valence-corrected chi connectivity index (χ3v) is 3.75. The van der Waals surface area contributed by atoms with Crippen molar-refractivity contribution in [3.8, 4) is 11.8 Å². The summed E-state index contributed by atoms with van der Waals surface area (Å²) in [5, 5.41) is 22.9. The lowest BCUT2D eigenvalue weighted by atomic mass is 9.81. The van der Waals surface area contributed by atoms with Crippen LogP contribution in [-0.2, 0) is 0 Å². The van der Waals surface area contributed by atoms with Crippen LogP contribution in [0.15, 0.2) is 24.3 Å². The van der Waals surface area contributed by atoms with Gasteiger partial charge < -0.3 is 10.1 Å². The van der Waals surface area contributed by atoms with Crippen molar-refractivity contribution in [2.45, 2.75) is 37.3 Å². The number of nitro groups is 1. The highest BCUT2D eigenvalue weighted by atomic mass is 16.6. The van der Waals surface area contributed by atoms with Gasteiger partial charge in [-0.3, -0.25) is 10.1 Å². The second kappa shape index (κ2) is 5.88. The first kappa shape index (κ1) is 14.3. The molecule has 0 spiro atoms. The van der Waals surface area contributed by atoms with Crippen LogP contribution >= 0.6 is 0 Å². The molecule has 1 aliphatic rings. The van der Waals surface area contributed by atoms with Gasteiger partial charge in [0.05, 0.1) is 11.0 Å². The minimum Gasteiger partial charge on any atom is -0.490 e. The Labute approximate surface area is 117 Å². The first-order valence-corrected chi connectivity index (χ1v) is 6.60. The van der Waals surface area contributed by atoms with Gasteiger partial charge in [0.1, 0.15) is 17.4 Å².